The van der Waals surface area contributed by atoms with Crippen LogP contribution in [0.2, 0.25) is 0 Å². The number of anilines is 2. The second-order valence-electron chi connectivity index (χ2n) is 11.9. The van der Waals surface area contributed by atoms with Crippen LogP contribution in [-0.4, -0.2) is 9.67 Å². The second-order valence-corrected chi connectivity index (χ2v) is 11.9. The van der Waals surface area contributed by atoms with Crippen LogP contribution < -0.4 is 4.90 Å². The minimum Gasteiger partial charge on any atom is -0.369 e. The van der Waals surface area contributed by atoms with Gasteiger partial charge in [0.05, 0.1) is 16.7 Å². The largest absolute Gasteiger partial charge is 0.369 e. The summed E-state index contributed by atoms with van der Waals surface area (Å²) in [6.07, 6.45) is -0.830. The summed E-state index contributed by atoms with van der Waals surface area (Å²) in [5, 5.41) is 14.3. The third-order valence-electron chi connectivity index (χ3n) is 9.27. The van der Waals surface area contributed by atoms with E-state index in [9.17, 15) is 5.11 Å². The standard InChI is InChI=1S/C43H30N2O/c46-43-37-23-8-7-21-35(37)38-27-41-39(28-42(38)45(43)34-20-12-18-32(26-34)30-15-5-2-6-16-30)36-22-9-10-24-40(36)44(41)33-19-11-17-31(25-33)29-13-3-1-4-14-29/h1-28,43,46H. The number of nitrogens with zero attached hydrogens (tertiary/aromatic N) is 2. The predicted octanol–water partition coefficient (Wildman–Crippen LogP) is 10.9. The highest BCUT2D eigenvalue weighted by Crippen LogP contribution is 2.50. The number of rotatable bonds is 4. The summed E-state index contributed by atoms with van der Waals surface area (Å²) in [6, 6.07) is 59.7. The summed E-state index contributed by atoms with van der Waals surface area (Å²) in [7, 11) is 0. The molecule has 0 amide bonds. The smallest absolute Gasteiger partial charge is 0.158 e. The Morgan fingerprint density at radius 1 is 0.413 bits per heavy atom. The van der Waals surface area contributed by atoms with Crippen molar-refractivity contribution in [3.63, 3.8) is 0 Å². The predicted molar refractivity (Wildman–Crippen MR) is 191 cm³/mol. The first-order valence-electron chi connectivity index (χ1n) is 15.7. The first-order valence-corrected chi connectivity index (χ1v) is 15.7. The van der Waals surface area contributed by atoms with E-state index in [4.69, 9.17) is 0 Å². The maximum absolute atomic E-state index is 12.0. The fourth-order valence-corrected chi connectivity index (χ4v) is 7.14. The zero-order valence-corrected chi connectivity index (χ0v) is 25.1. The molecule has 0 saturated carbocycles. The van der Waals surface area contributed by atoms with Gasteiger partial charge in [-0.05, 0) is 70.3 Å². The number of aliphatic hydroxyl groups is 1. The third kappa shape index (κ3) is 4.17. The molecule has 0 saturated heterocycles. The van der Waals surface area contributed by atoms with E-state index in [2.05, 4.69) is 161 Å². The lowest BCUT2D eigenvalue weighted by molar-refractivity contribution is 0.184. The van der Waals surface area contributed by atoms with Crippen LogP contribution in [0.25, 0.3) is 60.9 Å². The van der Waals surface area contributed by atoms with Crippen molar-refractivity contribution in [3.05, 3.63) is 175 Å². The third-order valence-corrected chi connectivity index (χ3v) is 9.27. The maximum Gasteiger partial charge on any atom is 0.158 e. The van der Waals surface area contributed by atoms with Gasteiger partial charge >= 0.3 is 0 Å². The van der Waals surface area contributed by atoms with E-state index in [0.29, 0.717) is 0 Å². The second kappa shape index (κ2) is 10.6. The zero-order chi connectivity index (χ0) is 30.6. The Balaban J connectivity index is 1.30. The van der Waals surface area contributed by atoms with Gasteiger partial charge in [-0.2, -0.15) is 0 Å². The lowest BCUT2D eigenvalue weighted by atomic mass is 9.90. The van der Waals surface area contributed by atoms with Gasteiger partial charge in [-0.3, -0.25) is 0 Å². The summed E-state index contributed by atoms with van der Waals surface area (Å²) >= 11 is 0. The Labute approximate surface area is 267 Å². The normalized spacial score (nSPS) is 13.9. The van der Waals surface area contributed by atoms with Crippen molar-refractivity contribution >= 4 is 33.2 Å². The van der Waals surface area contributed by atoms with Gasteiger partial charge < -0.3 is 14.6 Å². The molecule has 1 atom stereocenters. The Morgan fingerprint density at radius 2 is 1.00 bits per heavy atom. The molecule has 1 aliphatic heterocycles. The van der Waals surface area contributed by atoms with Gasteiger partial charge in [0.1, 0.15) is 0 Å². The molecule has 8 aromatic rings. The monoisotopic (exact) mass is 590 g/mol. The number of aromatic nitrogens is 1. The minimum atomic E-state index is -0.830. The van der Waals surface area contributed by atoms with E-state index in [0.717, 1.165) is 61.3 Å². The summed E-state index contributed by atoms with van der Waals surface area (Å²) < 4.78 is 2.38. The van der Waals surface area contributed by atoms with E-state index in [1.807, 2.05) is 18.2 Å². The molecule has 1 aliphatic rings. The number of para-hydroxylation sites is 1. The van der Waals surface area contributed by atoms with Gasteiger partial charge in [0.25, 0.3) is 0 Å². The van der Waals surface area contributed by atoms with Gasteiger partial charge in [-0.15, -0.1) is 0 Å². The van der Waals surface area contributed by atoms with Crippen LogP contribution in [-0.2, 0) is 0 Å². The SMILES string of the molecule is OC1c2ccccc2-c2cc3c(cc2N1c1cccc(-c2ccccc2)c1)c1ccccc1n3-c1cccc(-c2ccccc2)c1. The molecule has 9 rings (SSSR count). The molecule has 0 aliphatic carbocycles. The molecule has 46 heavy (non-hydrogen) atoms. The number of aliphatic hydroxyl groups excluding tert-OH is 1. The molecule has 0 fully saturated rings. The molecule has 1 aromatic heterocycles. The average molecular weight is 591 g/mol. The molecule has 0 bridgehead atoms. The zero-order valence-electron chi connectivity index (χ0n) is 25.1. The van der Waals surface area contributed by atoms with Crippen molar-refractivity contribution in [3.8, 4) is 39.1 Å². The Bertz CT molecular complexity index is 2390. The fraction of sp³-hybridized carbons (Fsp3) is 0.0233. The van der Waals surface area contributed by atoms with Crippen LogP contribution in [0.15, 0.2) is 170 Å². The molecule has 0 radical (unpaired) electrons. The number of hydrogen-bond donors (Lipinski definition) is 1. The molecule has 1 N–H and O–H groups in total. The van der Waals surface area contributed by atoms with E-state index in [1.165, 1.54) is 16.5 Å². The molecule has 218 valence electrons. The van der Waals surface area contributed by atoms with Crippen LogP contribution in [0.1, 0.15) is 11.8 Å². The highest BCUT2D eigenvalue weighted by atomic mass is 16.3. The van der Waals surface area contributed by atoms with Gasteiger partial charge in [0.2, 0.25) is 0 Å². The van der Waals surface area contributed by atoms with Crippen molar-refractivity contribution in [1.29, 1.82) is 0 Å². The van der Waals surface area contributed by atoms with Crippen molar-refractivity contribution in [2.75, 3.05) is 4.90 Å². The summed E-state index contributed by atoms with van der Waals surface area (Å²) in [4.78, 5) is 2.09. The molecular weight excluding hydrogens is 560 g/mol. The lowest BCUT2D eigenvalue weighted by Crippen LogP contribution is -2.27. The Morgan fingerprint density at radius 3 is 1.74 bits per heavy atom. The van der Waals surface area contributed by atoms with Crippen molar-refractivity contribution in [2.24, 2.45) is 0 Å². The van der Waals surface area contributed by atoms with Crippen molar-refractivity contribution in [2.45, 2.75) is 6.23 Å². The fourth-order valence-electron chi connectivity index (χ4n) is 7.14. The Kier molecular flexibility index (Phi) is 6.12. The number of benzene rings is 7. The molecule has 3 nitrogen and oxygen atoms in total. The molecule has 2 heterocycles. The van der Waals surface area contributed by atoms with E-state index in [1.54, 1.807) is 0 Å². The summed E-state index contributed by atoms with van der Waals surface area (Å²) in [6.45, 7) is 0. The maximum atomic E-state index is 12.0. The molecule has 0 spiro atoms. The highest BCUT2D eigenvalue weighted by molar-refractivity contribution is 6.13. The highest BCUT2D eigenvalue weighted by Gasteiger charge is 2.32. The van der Waals surface area contributed by atoms with Crippen molar-refractivity contribution < 1.29 is 5.11 Å². The van der Waals surface area contributed by atoms with Gasteiger partial charge in [-0.25, -0.2) is 0 Å². The average Bonchev–Trinajstić information content (AvgIpc) is 3.45. The first-order chi connectivity index (χ1) is 22.7. The van der Waals surface area contributed by atoms with E-state index >= 15 is 0 Å². The molecule has 1 unspecified atom stereocenters. The number of fused-ring (bicyclic) bond motifs is 6. The van der Waals surface area contributed by atoms with Gasteiger partial charge in [0.15, 0.2) is 6.23 Å². The topological polar surface area (TPSA) is 28.4 Å². The minimum absolute atomic E-state index is 0.830. The van der Waals surface area contributed by atoms with Crippen LogP contribution >= 0.6 is 0 Å². The van der Waals surface area contributed by atoms with E-state index in [-0.39, 0.29) is 0 Å². The van der Waals surface area contributed by atoms with Gasteiger partial charge in [-0.1, -0.05) is 127 Å². The van der Waals surface area contributed by atoms with Crippen LogP contribution in [0.4, 0.5) is 11.4 Å². The van der Waals surface area contributed by atoms with Crippen molar-refractivity contribution in [1.82, 2.24) is 4.57 Å². The quantitative estimate of drug-likeness (QED) is 0.221. The van der Waals surface area contributed by atoms with Gasteiger partial charge in [0, 0.05) is 33.3 Å². The summed E-state index contributed by atoms with van der Waals surface area (Å²) in [5.41, 5.74) is 13.0. The summed E-state index contributed by atoms with van der Waals surface area (Å²) in [5.74, 6) is 0. The lowest BCUT2D eigenvalue weighted by Gasteiger charge is -2.37. The first kappa shape index (κ1) is 26.5. The van der Waals surface area contributed by atoms with Crippen LogP contribution in [0.3, 0.4) is 0 Å². The van der Waals surface area contributed by atoms with E-state index < -0.39 is 6.23 Å². The molecular formula is C43H30N2O. The number of hydrogen-bond acceptors (Lipinski definition) is 2. The molecule has 7 aromatic carbocycles. The van der Waals surface area contributed by atoms with Crippen LogP contribution in [0, 0.1) is 0 Å². The molecule has 3 heteroatoms. The Hall–Kier alpha value is -5.90. The van der Waals surface area contributed by atoms with Crippen LogP contribution in [0.5, 0.6) is 0 Å².